The van der Waals surface area contributed by atoms with E-state index in [0.29, 0.717) is 41.1 Å². The highest BCUT2D eigenvalue weighted by Gasteiger charge is 2.21. The number of amides is 1. The summed E-state index contributed by atoms with van der Waals surface area (Å²) in [6.07, 6.45) is 5.58. The predicted molar refractivity (Wildman–Crippen MR) is 104 cm³/mol. The molecule has 1 aliphatic heterocycles. The Kier molecular flexibility index (Phi) is 4.97. The quantitative estimate of drug-likeness (QED) is 0.695. The smallest absolute Gasteiger partial charge is 0.222 e. The van der Waals surface area contributed by atoms with Crippen molar-refractivity contribution in [3.8, 4) is 11.4 Å². The van der Waals surface area contributed by atoms with Crippen molar-refractivity contribution >= 4 is 22.8 Å². The molecule has 1 aliphatic rings. The number of nitrogens with two attached hydrogens (primary N) is 1. The third kappa shape index (κ3) is 3.44. The van der Waals surface area contributed by atoms with Crippen LogP contribution in [0.25, 0.3) is 22.4 Å². The van der Waals surface area contributed by atoms with Crippen molar-refractivity contribution < 1.29 is 9.32 Å². The van der Waals surface area contributed by atoms with Gasteiger partial charge in [0, 0.05) is 38.0 Å². The fourth-order valence-electron chi connectivity index (χ4n) is 3.62. The van der Waals surface area contributed by atoms with Crippen LogP contribution in [-0.2, 0) is 11.2 Å². The number of rotatable bonds is 6. The number of hydrogen-bond acceptors (Lipinski definition) is 7. The van der Waals surface area contributed by atoms with Gasteiger partial charge in [-0.15, -0.1) is 0 Å². The first-order chi connectivity index (χ1) is 13.5. The van der Waals surface area contributed by atoms with Crippen molar-refractivity contribution in [3.63, 3.8) is 0 Å². The van der Waals surface area contributed by atoms with E-state index in [9.17, 15) is 4.79 Å². The molecule has 0 radical (unpaired) electrons. The lowest BCUT2D eigenvalue weighted by Gasteiger charge is -2.14. The van der Waals surface area contributed by atoms with Crippen LogP contribution in [0.15, 0.2) is 16.9 Å². The molecule has 3 aromatic rings. The average molecular weight is 383 g/mol. The van der Waals surface area contributed by atoms with E-state index >= 15 is 0 Å². The summed E-state index contributed by atoms with van der Waals surface area (Å²) in [7, 11) is 0. The van der Waals surface area contributed by atoms with Gasteiger partial charge in [-0.1, -0.05) is 5.16 Å². The molecular weight excluding hydrogens is 358 g/mol. The zero-order chi connectivity index (χ0) is 19.7. The molecule has 9 heteroatoms. The Morgan fingerprint density at radius 1 is 1.29 bits per heavy atom. The second-order valence-corrected chi connectivity index (χ2v) is 7.46. The van der Waals surface area contributed by atoms with Gasteiger partial charge in [-0.25, -0.2) is 14.6 Å². The van der Waals surface area contributed by atoms with E-state index in [4.69, 9.17) is 10.3 Å². The minimum atomic E-state index is 0.119. The van der Waals surface area contributed by atoms with Crippen molar-refractivity contribution in [2.24, 2.45) is 0 Å². The number of carbonyl (C=O) groups excluding carboxylic acids is 1. The van der Waals surface area contributed by atoms with Crippen LogP contribution in [0, 0.1) is 0 Å². The molecule has 148 valence electrons. The van der Waals surface area contributed by atoms with E-state index in [2.05, 4.69) is 20.2 Å². The van der Waals surface area contributed by atoms with Crippen molar-refractivity contribution in [2.45, 2.75) is 52.0 Å². The summed E-state index contributed by atoms with van der Waals surface area (Å²) in [5, 5.41) is 9.49. The maximum absolute atomic E-state index is 12.2. The Hall–Kier alpha value is -2.97. The van der Waals surface area contributed by atoms with Crippen molar-refractivity contribution in [3.05, 3.63) is 18.2 Å². The third-order valence-corrected chi connectivity index (χ3v) is 5.08. The van der Waals surface area contributed by atoms with Crippen LogP contribution < -0.4 is 5.73 Å². The van der Waals surface area contributed by atoms with Crippen LogP contribution in [-0.4, -0.2) is 48.8 Å². The van der Waals surface area contributed by atoms with Crippen LogP contribution in [0.2, 0.25) is 0 Å². The van der Waals surface area contributed by atoms with Gasteiger partial charge in [0.05, 0.1) is 5.39 Å². The standard InChI is InChI=1S/C19H25N7O2/c1-12(2)26-19-16(18(20)21-11-22-19)17(23-26)14-10-13(28-24-14)6-5-7-15(27)25-8-3-4-9-25/h10-12H,3-9H2,1-2H3,(H2,20,21,22). The highest BCUT2D eigenvalue weighted by Crippen LogP contribution is 2.31. The number of carbonyl (C=O) groups is 1. The van der Waals surface area contributed by atoms with Gasteiger partial charge in [0.2, 0.25) is 5.91 Å². The number of aryl methyl sites for hydroxylation is 1. The first-order valence-electron chi connectivity index (χ1n) is 9.77. The van der Waals surface area contributed by atoms with Gasteiger partial charge >= 0.3 is 0 Å². The van der Waals surface area contributed by atoms with Gasteiger partial charge in [-0.2, -0.15) is 5.10 Å². The molecule has 0 unspecified atom stereocenters. The maximum atomic E-state index is 12.2. The van der Waals surface area contributed by atoms with Gasteiger partial charge < -0.3 is 15.2 Å². The monoisotopic (exact) mass is 383 g/mol. The first kappa shape index (κ1) is 18.4. The van der Waals surface area contributed by atoms with Crippen molar-refractivity contribution in [1.29, 1.82) is 0 Å². The highest BCUT2D eigenvalue weighted by molar-refractivity contribution is 5.97. The van der Waals surface area contributed by atoms with E-state index in [0.717, 1.165) is 38.1 Å². The topological polar surface area (TPSA) is 116 Å². The molecule has 1 fully saturated rings. The molecule has 0 aliphatic carbocycles. The SMILES string of the molecule is CC(C)n1nc(-c2cc(CCCC(=O)N3CCCC3)on2)c2c(N)ncnc21. The maximum Gasteiger partial charge on any atom is 0.222 e. The zero-order valence-electron chi connectivity index (χ0n) is 16.3. The third-order valence-electron chi connectivity index (χ3n) is 5.08. The minimum absolute atomic E-state index is 0.119. The Labute approximate surface area is 162 Å². The fourth-order valence-corrected chi connectivity index (χ4v) is 3.62. The van der Waals surface area contributed by atoms with Crippen LogP contribution in [0.3, 0.4) is 0 Å². The summed E-state index contributed by atoms with van der Waals surface area (Å²) in [5.41, 5.74) is 7.98. The van der Waals surface area contributed by atoms with Crippen LogP contribution in [0.4, 0.5) is 5.82 Å². The van der Waals surface area contributed by atoms with Crippen molar-refractivity contribution in [1.82, 2.24) is 29.8 Å². The van der Waals surface area contributed by atoms with Gasteiger partial charge in [0.25, 0.3) is 0 Å². The molecule has 0 spiro atoms. The lowest BCUT2D eigenvalue weighted by molar-refractivity contribution is -0.130. The van der Waals surface area contributed by atoms with Crippen LogP contribution in [0.1, 0.15) is 51.3 Å². The summed E-state index contributed by atoms with van der Waals surface area (Å²) in [4.78, 5) is 22.5. The molecule has 1 amide bonds. The van der Waals surface area contributed by atoms with Gasteiger partial charge in [-0.3, -0.25) is 4.79 Å². The molecule has 0 atom stereocenters. The second kappa shape index (κ2) is 7.57. The average Bonchev–Trinajstić information content (AvgIpc) is 3.41. The van der Waals surface area contributed by atoms with Crippen LogP contribution >= 0.6 is 0 Å². The summed E-state index contributed by atoms with van der Waals surface area (Å²) < 4.78 is 7.29. The minimum Gasteiger partial charge on any atom is -0.383 e. The van der Waals surface area contributed by atoms with E-state index in [1.54, 1.807) is 0 Å². The normalized spacial score (nSPS) is 14.5. The lowest BCUT2D eigenvalue weighted by atomic mass is 10.1. The molecule has 9 nitrogen and oxygen atoms in total. The molecule has 4 rings (SSSR count). The molecule has 28 heavy (non-hydrogen) atoms. The zero-order valence-corrected chi connectivity index (χ0v) is 16.3. The van der Waals surface area contributed by atoms with E-state index in [1.807, 2.05) is 29.5 Å². The Morgan fingerprint density at radius 3 is 2.82 bits per heavy atom. The van der Waals surface area contributed by atoms with E-state index in [-0.39, 0.29) is 11.9 Å². The second-order valence-electron chi connectivity index (χ2n) is 7.46. The summed E-state index contributed by atoms with van der Waals surface area (Å²) in [6, 6.07) is 1.98. The number of anilines is 1. The molecule has 2 N–H and O–H groups in total. The summed E-state index contributed by atoms with van der Waals surface area (Å²) in [5.74, 6) is 1.32. The molecule has 0 bridgehead atoms. The predicted octanol–water partition coefficient (Wildman–Crippen LogP) is 2.59. The summed E-state index contributed by atoms with van der Waals surface area (Å²) in [6.45, 7) is 5.83. The molecule has 3 aromatic heterocycles. The largest absolute Gasteiger partial charge is 0.383 e. The Morgan fingerprint density at radius 2 is 2.07 bits per heavy atom. The van der Waals surface area contributed by atoms with Gasteiger partial charge in [0.1, 0.15) is 29.3 Å². The molecule has 4 heterocycles. The Balaban J connectivity index is 1.50. The number of aromatic nitrogens is 5. The van der Waals surface area contributed by atoms with E-state index < -0.39 is 0 Å². The number of likely N-dealkylation sites (tertiary alicyclic amines) is 1. The van der Waals surface area contributed by atoms with Crippen LogP contribution in [0.5, 0.6) is 0 Å². The lowest BCUT2D eigenvalue weighted by Crippen LogP contribution is -2.27. The van der Waals surface area contributed by atoms with Gasteiger partial charge in [-0.05, 0) is 33.1 Å². The summed E-state index contributed by atoms with van der Waals surface area (Å²) >= 11 is 0. The first-order valence-corrected chi connectivity index (χ1v) is 9.77. The molecule has 1 saturated heterocycles. The van der Waals surface area contributed by atoms with E-state index in [1.165, 1.54) is 6.33 Å². The van der Waals surface area contributed by atoms with Gasteiger partial charge in [0.15, 0.2) is 5.65 Å². The molecular formula is C19H25N7O2. The Bertz CT molecular complexity index is 985. The number of fused-ring (bicyclic) bond motifs is 1. The fraction of sp³-hybridized carbons (Fsp3) is 0.526. The number of hydrogen-bond donors (Lipinski definition) is 1. The molecule has 0 aromatic carbocycles. The molecule has 0 saturated carbocycles. The van der Waals surface area contributed by atoms with Crippen molar-refractivity contribution in [2.75, 3.05) is 18.8 Å². The highest BCUT2D eigenvalue weighted by atomic mass is 16.5. The number of nitrogens with zero attached hydrogens (tertiary/aromatic N) is 6. The number of nitrogen functional groups attached to an aromatic ring is 1.